The molecule has 1 aromatic rings. The summed E-state index contributed by atoms with van der Waals surface area (Å²) in [6, 6.07) is 10.4. The molecule has 1 amide bonds. The Morgan fingerprint density at radius 1 is 1.10 bits per heavy atom. The first-order chi connectivity index (χ1) is 14.4. The van der Waals surface area contributed by atoms with Crippen LogP contribution in [-0.2, 0) is 15.9 Å². The van der Waals surface area contributed by atoms with E-state index in [1.165, 1.54) is 24.9 Å². The number of carbonyl (C=O) groups is 1. The lowest BCUT2D eigenvalue weighted by Gasteiger charge is -2.38. The Balaban J connectivity index is 1.50. The first-order valence-corrected chi connectivity index (χ1v) is 11.4. The van der Waals surface area contributed by atoms with Crippen molar-refractivity contribution in [1.82, 2.24) is 15.1 Å². The number of alkyl carbamates (subject to hydrolysis) is 1. The second-order valence-corrected chi connectivity index (χ2v) is 9.69. The number of amides is 1. The second-order valence-electron chi connectivity index (χ2n) is 9.69. The van der Waals surface area contributed by atoms with Gasteiger partial charge in [0.2, 0.25) is 0 Å². The Labute approximate surface area is 181 Å². The number of benzene rings is 1. The van der Waals surface area contributed by atoms with E-state index in [9.17, 15) is 4.79 Å². The first kappa shape index (κ1) is 23.0. The van der Waals surface area contributed by atoms with E-state index in [1.54, 1.807) is 0 Å². The van der Waals surface area contributed by atoms with Gasteiger partial charge in [-0.2, -0.15) is 0 Å². The van der Waals surface area contributed by atoms with E-state index in [4.69, 9.17) is 9.47 Å². The van der Waals surface area contributed by atoms with Crippen molar-refractivity contribution in [2.24, 2.45) is 5.92 Å². The van der Waals surface area contributed by atoms with Crippen molar-refractivity contribution in [2.75, 3.05) is 52.5 Å². The number of hydrogen-bond acceptors (Lipinski definition) is 5. The summed E-state index contributed by atoms with van der Waals surface area (Å²) in [5.74, 6) is 0.782. The van der Waals surface area contributed by atoms with Crippen LogP contribution in [-0.4, -0.2) is 80.0 Å². The lowest BCUT2D eigenvalue weighted by Crippen LogP contribution is -2.53. The molecule has 1 atom stereocenters. The molecule has 6 heteroatoms. The maximum absolute atomic E-state index is 12.4. The van der Waals surface area contributed by atoms with Gasteiger partial charge >= 0.3 is 6.09 Å². The molecule has 30 heavy (non-hydrogen) atoms. The Morgan fingerprint density at radius 2 is 1.73 bits per heavy atom. The van der Waals surface area contributed by atoms with E-state index in [0.29, 0.717) is 0 Å². The molecule has 6 nitrogen and oxygen atoms in total. The third-order valence-electron chi connectivity index (χ3n) is 5.85. The summed E-state index contributed by atoms with van der Waals surface area (Å²) >= 11 is 0. The van der Waals surface area contributed by atoms with E-state index < -0.39 is 5.60 Å². The fourth-order valence-electron chi connectivity index (χ4n) is 4.29. The Kier molecular flexibility index (Phi) is 8.54. The fraction of sp³-hybridized carbons (Fsp3) is 0.708. The van der Waals surface area contributed by atoms with Crippen LogP contribution in [0, 0.1) is 5.92 Å². The van der Waals surface area contributed by atoms with Crippen LogP contribution in [0.4, 0.5) is 4.79 Å². The average Bonchev–Trinajstić information content (AvgIpc) is 2.69. The molecule has 168 valence electrons. The molecular formula is C24H39N3O3. The largest absolute Gasteiger partial charge is 0.444 e. The monoisotopic (exact) mass is 417 g/mol. The molecule has 1 aromatic carbocycles. The molecule has 1 N–H and O–H groups in total. The van der Waals surface area contributed by atoms with E-state index in [-0.39, 0.29) is 12.1 Å². The van der Waals surface area contributed by atoms with Gasteiger partial charge in [-0.3, -0.25) is 4.90 Å². The molecule has 2 aliphatic rings. The molecule has 0 aliphatic carbocycles. The summed E-state index contributed by atoms with van der Waals surface area (Å²) < 4.78 is 11.0. The lowest BCUT2D eigenvalue weighted by atomic mass is 9.99. The van der Waals surface area contributed by atoms with Gasteiger partial charge < -0.3 is 19.7 Å². The van der Waals surface area contributed by atoms with Gasteiger partial charge in [0.25, 0.3) is 0 Å². The first-order valence-electron chi connectivity index (χ1n) is 11.4. The van der Waals surface area contributed by atoms with Crippen LogP contribution < -0.4 is 5.32 Å². The summed E-state index contributed by atoms with van der Waals surface area (Å²) in [6.07, 6.45) is 2.86. The molecule has 0 bridgehead atoms. The zero-order chi connectivity index (χ0) is 21.4. The van der Waals surface area contributed by atoms with Crippen LogP contribution in [0.25, 0.3) is 0 Å². The second kappa shape index (κ2) is 11.1. The topological polar surface area (TPSA) is 54.0 Å². The van der Waals surface area contributed by atoms with Gasteiger partial charge in [0, 0.05) is 58.5 Å². The molecule has 2 aliphatic heterocycles. The van der Waals surface area contributed by atoms with Gasteiger partial charge in [-0.1, -0.05) is 30.3 Å². The molecule has 2 fully saturated rings. The minimum absolute atomic E-state index is 0.0318. The van der Waals surface area contributed by atoms with Gasteiger partial charge in [-0.15, -0.1) is 0 Å². The van der Waals surface area contributed by atoms with Gasteiger partial charge in [-0.25, -0.2) is 4.79 Å². The van der Waals surface area contributed by atoms with Gasteiger partial charge in [0.05, 0.1) is 0 Å². The number of hydrogen-bond donors (Lipinski definition) is 1. The third-order valence-corrected chi connectivity index (χ3v) is 5.85. The highest BCUT2D eigenvalue weighted by molar-refractivity contribution is 5.68. The average molecular weight is 418 g/mol. The van der Waals surface area contributed by atoms with Crippen molar-refractivity contribution < 1.29 is 14.3 Å². The number of nitrogens with zero attached hydrogens (tertiary/aromatic N) is 2. The summed E-state index contributed by atoms with van der Waals surface area (Å²) in [5, 5.41) is 3.12. The van der Waals surface area contributed by atoms with Crippen LogP contribution in [0.5, 0.6) is 0 Å². The zero-order valence-electron chi connectivity index (χ0n) is 18.9. The van der Waals surface area contributed by atoms with Crippen molar-refractivity contribution in [3.8, 4) is 0 Å². The smallest absolute Gasteiger partial charge is 0.407 e. The summed E-state index contributed by atoms with van der Waals surface area (Å²) in [4.78, 5) is 17.5. The van der Waals surface area contributed by atoms with Crippen LogP contribution in [0.15, 0.2) is 30.3 Å². The van der Waals surface area contributed by atoms with Crippen molar-refractivity contribution in [3.63, 3.8) is 0 Å². The number of piperazine rings is 1. The van der Waals surface area contributed by atoms with E-state index in [2.05, 4.69) is 39.4 Å². The zero-order valence-corrected chi connectivity index (χ0v) is 18.9. The molecule has 2 saturated heterocycles. The molecule has 0 unspecified atom stereocenters. The summed E-state index contributed by atoms with van der Waals surface area (Å²) in [5.41, 5.74) is 0.744. The standard InChI is InChI=1S/C24H39N3O3/c1-24(2,3)30-23(28)25-22(17-20-7-5-4-6-8-20)19-27-13-11-26(12-14-27)18-21-9-15-29-16-10-21/h4-8,21-22H,9-19H2,1-3H3,(H,25,28)/t22-/m1/s1. The molecule has 0 spiro atoms. The van der Waals surface area contributed by atoms with Gasteiger partial charge in [0.15, 0.2) is 0 Å². The molecule has 3 rings (SSSR count). The van der Waals surface area contributed by atoms with Crippen molar-refractivity contribution in [3.05, 3.63) is 35.9 Å². The highest BCUT2D eigenvalue weighted by Crippen LogP contribution is 2.17. The molecule has 0 radical (unpaired) electrons. The highest BCUT2D eigenvalue weighted by Gasteiger charge is 2.25. The summed E-state index contributed by atoms with van der Waals surface area (Å²) in [6.45, 7) is 13.9. The lowest BCUT2D eigenvalue weighted by molar-refractivity contribution is 0.0385. The SMILES string of the molecule is CC(C)(C)OC(=O)N[C@H](Cc1ccccc1)CN1CCN(CC2CCOCC2)CC1. The van der Waals surface area contributed by atoms with Gasteiger partial charge in [0.1, 0.15) is 5.60 Å². The van der Waals surface area contributed by atoms with E-state index in [1.807, 2.05) is 26.8 Å². The normalized spacial score (nSPS) is 20.6. The van der Waals surface area contributed by atoms with Crippen LogP contribution in [0.2, 0.25) is 0 Å². The maximum Gasteiger partial charge on any atom is 0.407 e. The third kappa shape index (κ3) is 8.25. The minimum Gasteiger partial charge on any atom is -0.444 e. The highest BCUT2D eigenvalue weighted by atomic mass is 16.6. The predicted octanol–water partition coefficient (Wildman–Crippen LogP) is 3.17. The van der Waals surface area contributed by atoms with Crippen molar-refractivity contribution >= 4 is 6.09 Å². The predicted molar refractivity (Wildman–Crippen MR) is 120 cm³/mol. The van der Waals surface area contributed by atoms with Crippen molar-refractivity contribution in [1.29, 1.82) is 0 Å². The number of carbonyl (C=O) groups excluding carboxylic acids is 1. The summed E-state index contributed by atoms with van der Waals surface area (Å²) in [7, 11) is 0. The molecule has 0 saturated carbocycles. The fourth-order valence-corrected chi connectivity index (χ4v) is 4.29. The molecular weight excluding hydrogens is 378 g/mol. The molecule has 2 heterocycles. The van der Waals surface area contributed by atoms with Crippen LogP contribution >= 0.6 is 0 Å². The van der Waals surface area contributed by atoms with E-state index >= 15 is 0 Å². The number of ether oxygens (including phenoxy) is 2. The number of rotatable bonds is 7. The van der Waals surface area contributed by atoms with Crippen LogP contribution in [0.1, 0.15) is 39.2 Å². The van der Waals surface area contributed by atoms with E-state index in [0.717, 1.165) is 58.3 Å². The van der Waals surface area contributed by atoms with Gasteiger partial charge in [-0.05, 0) is 51.5 Å². The quantitative estimate of drug-likeness (QED) is 0.739. The van der Waals surface area contributed by atoms with Crippen molar-refractivity contribution in [2.45, 2.75) is 51.7 Å². The van der Waals surface area contributed by atoms with Crippen LogP contribution in [0.3, 0.4) is 0 Å². The number of nitrogens with one attached hydrogen (secondary N) is 1. The maximum atomic E-state index is 12.4. The molecule has 0 aromatic heterocycles. The Hall–Kier alpha value is -1.63. The Bertz CT molecular complexity index is 633. The Morgan fingerprint density at radius 3 is 2.37 bits per heavy atom. The minimum atomic E-state index is -0.489.